The average molecular weight is 298 g/mol. The lowest BCUT2D eigenvalue weighted by molar-refractivity contribution is 0.600. The lowest BCUT2D eigenvalue weighted by Gasteiger charge is -2.10. The van der Waals surface area contributed by atoms with Crippen LogP contribution in [0.25, 0.3) is 0 Å². The van der Waals surface area contributed by atoms with Gasteiger partial charge in [0.05, 0.1) is 17.3 Å². The van der Waals surface area contributed by atoms with Crippen molar-refractivity contribution < 1.29 is 8.42 Å². The summed E-state index contributed by atoms with van der Waals surface area (Å²) >= 11 is 5.66. The highest BCUT2D eigenvalue weighted by atomic mass is 35.5. The van der Waals surface area contributed by atoms with E-state index in [0.717, 1.165) is 5.56 Å². The Labute approximate surface area is 116 Å². The molecular weight excluding hydrogens is 286 g/mol. The maximum Gasteiger partial charge on any atom is 0.263 e. The first-order chi connectivity index (χ1) is 8.88. The standard InChI is InChI=1S/C12H12ClN3O2S/c1-8-3-4-10(9(2)5-8)19(17,18)16-12-7-14-6-11(13)15-12/h3-7H,1-2H3,(H,15,16). The van der Waals surface area contributed by atoms with E-state index in [-0.39, 0.29) is 15.9 Å². The van der Waals surface area contributed by atoms with Gasteiger partial charge in [-0.15, -0.1) is 0 Å². The number of hydrogen-bond acceptors (Lipinski definition) is 4. The molecule has 0 radical (unpaired) electrons. The third kappa shape index (κ3) is 3.21. The molecule has 1 N–H and O–H groups in total. The topological polar surface area (TPSA) is 72.0 Å². The minimum atomic E-state index is -3.69. The second kappa shape index (κ2) is 5.14. The third-order valence-corrected chi connectivity index (χ3v) is 4.16. The third-order valence-electron chi connectivity index (χ3n) is 2.46. The quantitative estimate of drug-likeness (QED) is 0.945. The summed E-state index contributed by atoms with van der Waals surface area (Å²) in [4.78, 5) is 7.83. The smallest absolute Gasteiger partial charge is 0.262 e. The van der Waals surface area contributed by atoms with Crippen LogP contribution in [0.3, 0.4) is 0 Å². The van der Waals surface area contributed by atoms with E-state index in [0.29, 0.717) is 5.56 Å². The fourth-order valence-corrected chi connectivity index (χ4v) is 3.05. The van der Waals surface area contributed by atoms with Crippen molar-refractivity contribution in [1.29, 1.82) is 0 Å². The number of halogens is 1. The molecule has 2 rings (SSSR count). The Morgan fingerprint density at radius 3 is 2.58 bits per heavy atom. The van der Waals surface area contributed by atoms with Crippen LogP contribution < -0.4 is 4.72 Å². The number of aromatic nitrogens is 2. The molecule has 100 valence electrons. The summed E-state index contributed by atoms with van der Waals surface area (Å²) < 4.78 is 26.8. The Bertz CT molecular complexity index is 717. The fraction of sp³-hybridized carbons (Fsp3) is 0.167. The highest BCUT2D eigenvalue weighted by Crippen LogP contribution is 2.19. The molecule has 2 aromatic rings. The van der Waals surface area contributed by atoms with Crippen molar-refractivity contribution in [2.75, 3.05) is 4.72 Å². The molecule has 0 aliphatic carbocycles. The molecule has 7 heteroatoms. The summed E-state index contributed by atoms with van der Waals surface area (Å²) in [7, 11) is -3.69. The molecule has 0 saturated heterocycles. The van der Waals surface area contributed by atoms with E-state index in [1.54, 1.807) is 25.1 Å². The first-order valence-electron chi connectivity index (χ1n) is 5.46. The Morgan fingerprint density at radius 2 is 1.95 bits per heavy atom. The van der Waals surface area contributed by atoms with Gasteiger partial charge >= 0.3 is 0 Å². The van der Waals surface area contributed by atoms with E-state index in [9.17, 15) is 8.42 Å². The molecule has 5 nitrogen and oxygen atoms in total. The molecule has 1 aromatic carbocycles. The SMILES string of the molecule is Cc1ccc(S(=O)(=O)Nc2cncc(Cl)n2)c(C)c1. The number of nitrogens with zero attached hydrogens (tertiary/aromatic N) is 2. The van der Waals surface area contributed by atoms with Gasteiger partial charge in [-0.1, -0.05) is 29.3 Å². The van der Waals surface area contributed by atoms with Crippen molar-refractivity contribution in [2.45, 2.75) is 18.7 Å². The van der Waals surface area contributed by atoms with Crippen molar-refractivity contribution in [1.82, 2.24) is 9.97 Å². The number of hydrogen-bond donors (Lipinski definition) is 1. The van der Waals surface area contributed by atoms with Crippen molar-refractivity contribution >= 4 is 27.4 Å². The molecule has 0 amide bonds. The van der Waals surface area contributed by atoms with Crippen molar-refractivity contribution in [3.63, 3.8) is 0 Å². The van der Waals surface area contributed by atoms with E-state index in [1.807, 2.05) is 6.92 Å². The van der Waals surface area contributed by atoms with Gasteiger partial charge < -0.3 is 0 Å². The minimum absolute atomic E-state index is 0.0903. The van der Waals surface area contributed by atoms with Crippen molar-refractivity contribution in [2.24, 2.45) is 0 Å². The lowest BCUT2D eigenvalue weighted by atomic mass is 10.2. The Kier molecular flexibility index (Phi) is 3.73. The number of rotatable bonds is 3. The monoisotopic (exact) mass is 297 g/mol. The van der Waals surface area contributed by atoms with Crippen LogP contribution in [0.5, 0.6) is 0 Å². The summed E-state index contributed by atoms with van der Waals surface area (Å²) in [6, 6.07) is 5.11. The van der Waals surface area contributed by atoms with Gasteiger partial charge in [0.1, 0.15) is 5.15 Å². The Morgan fingerprint density at radius 1 is 1.21 bits per heavy atom. The molecule has 0 atom stereocenters. The first kappa shape index (κ1) is 13.8. The van der Waals surface area contributed by atoms with Crippen LogP contribution in [0.15, 0.2) is 35.5 Å². The second-order valence-electron chi connectivity index (χ2n) is 4.10. The zero-order chi connectivity index (χ0) is 14.0. The molecule has 0 bridgehead atoms. The molecule has 0 saturated carbocycles. The molecule has 0 aliphatic rings. The zero-order valence-corrected chi connectivity index (χ0v) is 12.0. The largest absolute Gasteiger partial charge is 0.263 e. The highest BCUT2D eigenvalue weighted by Gasteiger charge is 2.17. The van der Waals surface area contributed by atoms with Crippen LogP contribution in [0.1, 0.15) is 11.1 Å². The Balaban J connectivity index is 2.38. The molecule has 0 fully saturated rings. The highest BCUT2D eigenvalue weighted by molar-refractivity contribution is 7.92. The van der Waals surface area contributed by atoms with Gasteiger partial charge in [-0.3, -0.25) is 9.71 Å². The molecule has 1 aromatic heterocycles. The molecule has 0 aliphatic heterocycles. The fourth-order valence-electron chi connectivity index (χ4n) is 1.68. The predicted octanol–water partition coefficient (Wildman–Crippen LogP) is 2.55. The van der Waals surface area contributed by atoms with Gasteiger partial charge in [0.25, 0.3) is 10.0 Å². The number of benzene rings is 1. The minimum Gasteiger partial charge on any atom is -0.262 e. The van der Waals surface area contributed by atoms with Crippen LogP contribution in [0.2, 0.25) is 5.15 Å². The van der Waals surface area contributed by atoms with Crippen LogP contribution in [-0.2, 0) is 10.0 Å². The van der Waals surface area contributed by atoms with Crippen LogP contribution >= 0.6 is 11.6 Å². The predicted molar refractivity (Wildman–Crippen MR) is 73.8 cm³/mol. The molecular formula is C12H12ClN3O2S. The maximum absolute atomic E-state index is 12.2. The van der Waals surface area contributed by atoms with Crippen LogP contribution in [0.4, 0.5) is 5.82 Å². The lowest BCUT2D eigenvalue weighted by Crippen LogP contribution is -2.15. The van der Waals surface area contributed by atoms with Crippen LogP contribution in [0, 0.1) is 13.8 Å². The van der Waals surface area contributed by atoms with Gasteiger partial charge in [0, 0.05) is 0 Å². The number of nitrogens with one attached hydrogen (secondary N) is 1. The second-order valence-corrected chi connectivity index (χ2v) is 6.14. The first-order valence-corrected chi connectivity index (χ1v) is 7.32. The van der Waals surface area contributed by atoms with E-state index >= 15 is 0 Å². The summed E-state index contributed by atoms with van der Waals surface area (Å²) in [5.41, 5.74) is 1.67. The average Bonchev–Trinajstić information content (AvgIpc) is 2.27. The molecule has 0 spiro atoms. The zero-order valence-electron chi connectivity index (χ0n) is 10.4. The Hall–Kier alpha value is -1.66. The van der Waals surface area contributed by atoms with Crippen molar-refractivity contribution in [3.05, 3.63) is 46.9 Å². The number of sulfonamides is 1. The number of aryl methyl sites for hydroxylation is 2. The van der Waals surface area contributed by atoms with Gasteiger partial charge in [-0.05, 0) is 25.5 Å². The van der Waals surface area contributed by atoms with Gasteiger partial charge in [0.15, 0.2) is 5.82 Å². The molecule has 1 heterocycles. The summed E-state index contributed by atoms with van der Waals surface area (Å²) in [6.07, 6.45) is 2.63. The van der Waals surface area contributed by atoms with E-state index in [4.69, 9.17) is 11.6 Å². The van der Waals surface area contributed by atoms with E-state index < -0.39 is 10.0 Å². The van der Waals surface area contributed by atoms with E-state index in [2.05, 4.69) is 14.7 Å². The summed E-state index contributed by atoms with van der Waals surface area (Å²) in [5, 5.41) is 0.126. The maximum atomic E-state index is 12.2. The molecule has 0 unspecified atom stereocenters. The number of anilines is 1. The van der Waals surface area contributed by atoms with E-state index in [1.165, 1.54) is 12.4 Å². The molecule has 19 heavy (non-hydrogen) atoms. The normalized spacial score (nSPS) is 11.3. The van der Waals surface area contributed by atoms with Crippen molar-refractivity contribution in [3.8, 4) is 0 Å². The van der Waals surface area contributed by atoms with Gasteiger partial charge in [-0.25, -0.2) is 13.4 Å². The summed E-state index contributed by atoms with van der Waals surface area (Å²) in [5.74, 6) is 0.0903. The van der Waals surface area contributed by atoms with Gasteiger partial charge in [0.2, 0.25) is 0 Å². The van der Waals surface area contributed by atoms with Crippen LogP contribution in [-0.4, -0.2) is 18.4 Å². The van der Waals surface area contributed by atoms with Gasteiger partial charge in [-0.2, -0.15) is 0 Å². The summed E-state index contributed by atoms with van der Waals surface area (Å²) in [6.45, 7) is 3.64.